The summed E-state index contributed by atoms with van der Waals surface area (Å²) in [4.78, 5) is 2.03. The molecule has 1 atom stereocenters. The van der Waals surface area contributed by atoms with E-state index >= 15 is 0 Å². The number of hydrogen-bond acceptors (Lipinski definition) is 5. The van der Waals surface area contributed by atoms with Gasteiger partial charge in [-0.1, -0.05) is 0 Å². The van der Waals surface area contributed by atoms with Crippen molar-refractivity contribution in [2.24, 2.45) is 0 Å². The highest BCUT2D eigenvalue weighted by molar-refractivity contribution is 5.38. The quantitative estimate of drug-likeness (QED) is 0.755. The zero-order chi connectivity index (χ0) is 11.6. The van der Waals surface area contributed by atoms with Gasteiger partial charge in [0.15, 0.2) is 5.82 Å². The van der Waals surface area contributed by atoms with Crippen LogP contribution in [0.5, 0.6) is 0 Å². The molecular weight excluding hydrogens is 206 g/mol. The third kappa shape index (κ3) is 2.48. The third-order valence-corrected chi connectivity index (χ3v) is 2.87. The largest absolute Gasteiger partial charge is 0.390 e. The zero-order valence-corrected chi connectivity index (χ0v) is 9.43. The molecule has 0 spiro atoms. The van der Waals surface area contributed by atoms with Crippen molar-refractivity contribution < 1.29 is 10.2 Å². The van der Waals surface area contributed by atoms with Crippen molar-refractivity contribution in [3.63, 3.8) is 0 Å². The second kappa shape index (κ2) is 4.35. The third-order valence-electron chi connectivity index (χ3n) is 2.87. The molecule has 5 heteroatoms. The second-order valence-corrected chi connectivity index (χ2v) is 4.56. The van der Waals surface area contributed by atoms with Crippen LogP contribution >= 0.6 is 0 Å². The maximum atomic E-state index is 9.98. The van der Waals surface area contributed by atoms with Gasteiger partial charge in [0.05, 0.1) is 17.9 Å². The molecule has 16 heavy (non-hydrogen) atoms. The predicted octanol–water partition coefficient (Wildman–Crippen LogP) is 0.320. The molecule has 0 bridgehead atoms. The first kappa shape index (κ1) is 11.3. The lowest BCUT2D eigenvalue weighted by molar-refractivity contribution is 0.0446. The van der Waals surface area contributed by atoms with Gasteiger partial charge in [-0.2, -0.15) is 5.10 Å². The van der Waals surface area contributed by atoms with E-state index in [2.05, 4.69) is 10.2 Å². The number of β-amino-alcohol motifs (C(OH)–C–C–N with tert-alkyl or cyclic N) is 1. The van der Waals surface area contributed by atoms with Crippen LogP contribution in [0.25, 0.3) is 0 Å². The summed E-state index contributed by atoms with van der Waals surface area (Å²) >= 11 is 0. The molecule has 5 nitrogen and oxygen atoms in total. The van der Waals surface area contributed by atoms with Crippen LogP contribution in [0.2, 0.25) is 0 Å². The number of piperidine rings is 1. The Morgan fingerprint density at radius 1 is 1.44 bits per heavy atom. The summed E-state index contributed by atoms with van der Waals surface area (Å²) in [6, 6.07) is 3.59. The van der Waals surface area contributed by atoms with Gasteiger partial charge in [-0.25, -0.2) is 0 Å². The van der Waals surface area contributed by atoms with Gasteiger partial charge in [-0.05, 0) is 31.9 Å². The van der Waals surface area contributed by atoms with Crippen molar-refractivity contribution in [3.8, 4) is 0 Å². The van der Waals surface area contributed by atoms with Gasteiger partial charge in [0.1, 0.15) is 0 Å². The van der Waals surface area contributed by atoms with E-state index in [1.807, 2.05) is 17.9 Å². The minimum atomic E-state index is -0.643. The highest BCUT2D eigenvalue weighted by atomic mass is 16.3. The average molecular weight is 223 g/mol. The smallest absolute Gasteiger partial charge is 0.151 e. The lowest BCUT2D eigenvalue weighted by Gasteiger charge is -2.37. The number of rotatable bonds is 2. The summed E-state index contributed by atoms with van der Waals surface area (Å²) in [7, 11) is 0. The molecule has 0 radical (unpaired) electrons. The Balaban J connectivity index is 2.11. The van der Waals surface area contributed by atoms with Crippen molar-refractivity contribution in [1.29, 1.82) is 0 Å². The van der Waals surface area contributed by atoms with E-state index in [9.17, 15) is 5.11 Å². The molecule has 2 heterocycles. The lowest BCUT2D eigenvalue weighted by Crippen LogP contribution is -2.46. The molecule has 1 aromatic rings. The van der Waals surface area contributed by atoms with Crippen molar-refractivity contribution in [3.05, 3.63) is 17.8 Å². The summed E-state index contributed by atoms with van der Waals surface area (Å²) in [5.74, 6) is 0.761. The van der Waals surface area contributed by atoms with Gasteiger partial charge >= 0.3 is 0 Å². The molecule has 0 saturated carbocycles. The fourth-order valence-corrected chi connectivity index (χ4v) is 2.02. The summed E-state index contributed by atoms with van der Waals surface area (Å²) in [5.41, 5.74) is -0.0808. The van der Waals surface area contributed by atoms with Crippen LogP contribution in [0.3, 0.4) is 0 Å². The van der Waals surface area contributed by atoms with E-state index in [1.54, 1.807) is 6.07 Å². The van der Waals surface area contributed by atoms with E-state index < -0.39 is 5.60 Å². The van der Waals surface area contributed by atoms with Gasteiger partial charge in [-0.15, -0.1) is 5.10 Å². The Kier molecular flexibility index (Phi) is 3.07. The Morgan fingerprint density at radius 2 is 2.25 bits per heavy atom. The molecule has 1 fully saturated rings. The van der Waals surface area contributed by atoms with Crippen LogP contribution in [0.4, 0.5) is 5.82 Å². The normalized spacial score (nSPS) is 25.8. The Labute approximate surface area is 94.7 Å². The molecule has 1 aliphatic heterocycles. The summed E-state index contributed by atoms with van der Waals surface area (Å²) < 4.78 is 0. The van der Waals surface area contributed by atoms with Crippen LogP contribution in [-0.2, 0) is 6.61 Å². The molecule has 0 amide bonds. The number of anilines is 1. The van der Waals surface area contributed by atoms with Gasteiger partial charge in [0.2, 0.25) is 0 Å². The topological polar surface area (TPSA) is 69.5 Å². The van der Waals surface area contributed by atoms with Crippen molar-refractivity contribution in [2.45, 2.75) is 32.0 Å². The van der Waals surface area contributed by atoms with Gasteiger partial charge in [-0.3, -0.25) is 0 Å². The average Bonchev–Trinajstić information content (AvgIpc) is 2.28. The number of aliphatic hydroxyl groups is 2. The first-order valence-electron chi connectivity index (χ1n) is 5.51. The Morgan fingerprint density at radius 3 is 2.81 bits per heavy atom. The summed E-state index contributed by atoms with van der Waals surface area (Å²) in [5, 5.41) is 26.8. The van der Waals surface area contributed by atoms with Gasteiger partial charge < -0.3 is 15.1 Å². The minimum Gasteiger partial charge on any atom is -0.390 e. The SMILES string of the molecule is CC1(O)CCCN(c2ccc(CO)nn2)C1. The fourth-order valence-electron chi connectivity index (χ4n) is 2.02. The molecule has 1 aromatic heterocycles. The maximum absolute atomic E-state index is 9.98. The van der Waals surface area contributed by atoms with Gasteiger partial charge in [0.25, 0.3) is 0 Å². The van der Waals surface area contributed by atoms with Crippen LogP contribution in [0.15, 0.2) is 12.1 Å². The fraction of sp³-hybridized carbons (Fsp3) is 0.636. The van der Waals surface area contributed by atoms with E-state index in [0.717, 1.165) is 25.2 Å². The van der Waals surface area contributed by atoms with Crippen LogP contribution in [-0.4, -0.2) is 39.1 Å². The number of aliphatic hydroxyl groups excluding tert-OH is 1. The Hall–Kier alpha value is -1.20. The van der Waals surface area contributed by atoms with E-state index in [0.29, 0.717) is 12.2 Å². The summed E-state index contributed by atoms with van der Waals surface area (Å²) in [6.45, 7) is 3.23. The molecule has 2 rings (SSSR count). The van der Waals surface area contributed by atoms with E-state index in [1.165, 1.54) is 0 Å². The molecule has 1 aliphatic rings. The maximum Gasteiger partial charge on any atom is 0.151 e. The van der Waals surface area contributed by atoms with Crippen LogP contribution in [0, 0.1) is 0 Å². The molecule has 2 N–H and O–H groups in total. The molecule has 0 aromatic carbocycles. The number of hydrogen-bond donors (Lipinski definition) is 2. The first-order chi connectivity index (χ1) is 7.61. The van der Waals surface area contributed by atoms with Crippen molar-refractivity contribution in [2.75, 3.05) is 18.0 Å². The molecule has 1 saturated heterocycles. The first-order valence-corrected chi connectivity index (χ1v) is 5.51. The standard InChI is InChI=1S/C11H17N3O2/c1-11(16)5-2-6-14(8-11)10-4-3-9(7-15)12-13-10/h3-4,15-16H,2,5-8H2,1H3. The Bertz CT molecular complexity index is 351. The van der Waals surface area contributed by atoms with Crippen molar-refractivity contribution in [1.82, 2.24) is 10.2 Å². The monoisotopic (exact) mass is 223 g/mol. The number of nitrogens with zero attached hydrogens (tertiary/aromatic N) is 3. The summed E-state index contributed by atoms with van der Waals surface area (Å²) in [6.07, 6.45) is 1.78. The second-order valence-electron chi connectivity index (χ2n) is 4.56. The van der Waals surface area contributed by atoms with Crippen LogP contribution in [0.1, 0.15) is 25.5 Å². The molecule has 0 aliphatic carbocycles. The molecule has 88 valence electrons. The highest BCUT2D eigenvalue weighted by Crippen LogP contribution is 2.23. The van der Waals surface area contributed by atoms with Crippen LogP contribution < -0.4 is 4.90 Å². The van der Waals surface area contributed by atoms with E-state index in [4.69, 9.17) is 5.11 Å². The van der Waals surface area contributed by atoms with Gasteiger partial charge in [0, 0.05) is 13.1 Å². The highest BCUT2D eigenvalue weighted by Gasteiger charge is 2.29. The minimum absolute atomic E-state index is 0.0923. The predicted molar refractivity (Wildman–Crippen MR) is 60.0 cm³/mol. The zero-order valence-electron chi connectivity index (χ0n) is 9.43. The number of aromatic nitrogens is 2. The van der Waals surface area contributed by atoms with Crippen molar-refractivity contribution >= 4 is 5.82 Å². The molecular formula is C11H17N3O2. The van der Waals surface area contributed by atoms with E-state index in [-0.39, 0.29) is 6.61 Å². The lowest BCUT2D eigenvalue weighted by atomic mass is 9.95. The molecule has 1 unspecified atom stereocenters.